The third-order valence-electron chi connectivity index (χ3n) is 4.01. The summed E-state index contributed by atoms with van der Waals surface area (Å²) < 4.78 is 11.6. The predicted octanol–water partition coefficient (Wildman–Crippen LogP) is 4.83. The molecule has 0 aliphatic heterocycles. The van der Waals surface area contributed by atoms with Crippen molar-refractivity contribution in [2.75, 3.05) is 13.2 Å². The van der Waals surface area contributed by atoms with Gasteiger partial charge in [0.05, 0.1) is 18.2 Å². The van der Waals surface area contributed by atoms with Crippen LogP contribution in [0.5, 0.6) is 11.5 Å². The Bertz CT molecular complexity index is 705. The maximum atomic E-state index is 9.30. The quantitative estimate of drug-likeness (QED) is 0.602. The number of aliphatic hydroxyl groups excluding tert-OH is 1. The van der Waals surface area contributed by atoms with Crippen molar-refractivity contribution in [1.29, 1.82) is 0 Å². The lowest BCUT2D eigenvalue weighted by Gasteiger charge is -2.18. The average Bonchev–Trinajstić information content (AvgIpc) is 2.63. The second-order valence-corrected chi connectivity index (χ2v) is 6.70. The van der Waals surface area contributed by atoms with Crippen LogP contribution in [0.15, 0.2) is 36.4 Å². The molecule has 1 atom stereocenters. The highest BCUT2D eigenvalue weighted by Crippen LogP contribution is 2.37. The number of nitrogens with one attached hydrogen (secondary N) is 1. The molecule has 26 heavy (non-hydrogen) atoms. The molecule has 4 nitrogen and oxygen atoms in total. The minimum atomic E-state index is 0.0560. The van der Waals surface area contributed by atoms with Crippen molar-refractivity contribution in [3.8, 4) is 11.5 Å². The smallest absolute Gasteiger partial charge is 0.180 e. The summed E-state index contributed by atoms with van der Waals surface area (Å²) in [6.07, 6.45) is 0.849. The van der Waals surface area contributed by atoms with Gasteiger partial charge in [0, 0.05) is 23.2 Å². The maximum Gasteiger partial charge on any atom is 0.180 e. The SMILES string of the molecule is CCOc1cc(CN[C@H](CC)CO)cc(Cl)c1OCc1ccccc1Cl. The number of hydrogen-bond acceptors (Lipinski definition) is 4. The Labute approximate surface area is 165 Å². The molecule has 0 aliphatic rings. The van der Waals surface area contributed by atoms with Gasteiger partial charge in [0.2, 0.25) is 0 Å². The molecule has 0 radical (unpaired) electrons. The van der Waals surface area contributed by atoms with E-state index in [2.05, 4.69) is 5.32 Å². The van der Waals surface area contributed by atoms with Crippen LogP contribution < -0.4 is 14.8 Å². The summed E-state index contributed by atoms with van der Waals surface area (Å²) in [5.41, 5.74) is 1.85. The van der Waals surface area contributed by atoms with Crippen molar-refractivity contribution in [3.05, 3.63) is 57.6 Å². The molecule has 0 fully saturated rings. The van der Waals surface area contributed by atoms with E-state index in [9.17, 15) is 5.11 Å². The molecule has 0 bridgehead atoms. The van der Waals surface area contributed by atoms with Crippen LogP contribution >= 0.6 is 23.2 Å². The minimum absolute atomic E-state index is 0.0560. The van der Waals surface area contributed by atoms with Crippen molar-refractivity contribution in [2.24, 2.45) is 0 Å². The first kappa shape index (κ1) is 20.8. The van der Waals surface area contributed by atoms with Crippen molar-refractivity contribution >= 4 is 23.2 Å². The molecule has 0 spiro atoms. The standard InChI is InChI=1S/C20H25Cl2NO3/c1-3-16(12-24)23-11-14-9-18(22)20(19(10-14)25-4-2)26-13-15-7-5-6-8-17(15)21/h5-10,16,23-24H,3-4,11-13H2,1-2H3/t16-/m1/s1. The highest BCUT2D eigenvalue weighted by Gasteiger charge is 2.14. The van der Waals surface area contributed by atoms with Crippen LogP contribution in [0.2, 0.25) is 10.0 Å². The van der Waals surface area contributed by atoms with E-state index in [4.69, 9.17) is 32.7 Å². The second kappa shape index (κ2) is 10.6. The normalized spacial score (nSPS) is 12.0. The van der Waals surface area contributed by atoms with E-state index in [1.165, 1.54) is 0 Å². The molecule has 142 valence electrons. The first-order chi connectivity index (χ1) is 12.6. The lowest BCUT2D eigenvalue weighted by molar-refractivity contribution is 0.238. The van der Waals surface area contributed by atoms with Gasteiger partial charge in [-0.2, -0.15) is 0 Å². The van der Waals surface area contributed by atoms with Gasteiger partial charge in [-0.05, 0) is 37.1 Å². The molecule has 0 amide bonds. The number of aliphatic hydroxyl groups is 1. The molecule has 2 aromatic rings. The number of benzene rings is 2. The number of hydrogen-bond donors (Lipinski definition) is 2. The highest BCUT2D eigenvalue weighted by molar-refractivity contribution is 6.32. The second-order valence-electron chi connectivity index (χ2n) is 5.89. The fourth-order valence-electron chi connectivity index (χ4n) is 2.49. The molecule has 0 aliphatic carbocycles. The van der Waals surface area contributed by atoms with Crippen LogP contribution in [0.25, 0.3) is 0 Å². The summed E-state index contributed by atoms with van der Waals surface area (Å²) in [6, 6.07) is 11.3. The number of halogens is 2. The Morgan fingerprint density at radius 3 is 2.50 bits per heavy atom. The summed E-state index contributed by atoms with van der Waals surface area (Å²) >= 11 is 12.6. The molecular weight excluding hydrogens is 373 g/mol. The van der Waals surface area contributed by atoms with E-state index in [1.807, 2.05) is 50.2 Å². The van der Waals surface area contributed by atoms with Gasteiger partial charge < -0.3 is 19.9 Å². The van der Waals surface area contributed by atoms with Crippen LogP contribution in [0.1, 0.15) is 31.4 Å². The van der Waals surface area contributed by atoms with Crippen LogP contribution in [-0.4, -0.2) is 24.4 Å². The Kier molecular flexibility index (Phi) is 8.52. The predicted molar refractivity (Wildman–Crippen MR) is 106 cm³/mol. The summed E-state index contributed by atoms with van der Waals surface area (Å²) in [4.78, 5) is 0. The van der Waals surface area contributed by atoms with Crippen molar-refractivity contribution in [3.63, 3.8) is 0 Å². The summed E-state index contributed by atoms with van der Waals surface area (Å²) in [7, 11) is 0. The molecule has 2 aromatic carbocycles. The van der Waals surface area contributed by atoms with E-state index in [0.29, 0.717) is 41.3 Å². The van der Waals surface area contributed by atoms with Gasteiger partial charge >= 0.3 is 0 Å². The lowest BCUT2D eigenvalue weighted by atomic mass is 10.1. The van der Waals surface area contributed by atoms with Crippen LogP contribution in [0, 0.1) is 0 Å². The van der Waals surface area contributed by atoms with Gasteiger partial charge in [-0.15, -0.1) is 0 Å². The van der Waals surface area contributed by atoms with E-state index >= 15 is 0 Å². The Hall–Kier alpha value is -1.46. The van der Waals surface area contributed by atoms with Crippen molar-refractivity contribution in [1.82, 2.24) is 5.32 Å². The summed E-state index contributed by atoms with van der Waals surface area (Å²) in [5.74, 6) is 1.10. The third-order valence-corrected chi connectivity index (χ3v) is 4.66. The van der Waals surface area contributed by atoms with Gasteiger partial charge in [0.25, 0.3) is 0 Å². The fraction of sp³-hybridized carbons (Fsp3) is 0.400. The molecule has 2 rings (SSSR count). The zero-order valence-corrected chi connectivity index (χ0v) is 16.6. The van der Waals surface area contributed by atoms with Gasteiger partial charge in [-0.1, -0.05) is 48.3 Å². The van der Waals surface area contributed by atoms with Crippen LogP contribution in [0.4, 0.5) is 0 Å². The Morgan fingerprint density at radius 1 is 1.08 bits per heavy atom. The molecule has 0 saturated carbocycles. The van der Waals surface area contributed by atoms with Crippen LogP contribution in [0.3, 0.4) is 0 Å². The summed E-state index contributed by atoms with van der Waals surface area (Å²) in [5, 5.41) is 13.7. The average molecular weight is 398 g/mol. The molecule has 2 N–H and O–H groups in total. The minimum Gasteiger partial charge on any atom is -0.490 e. The number of rotatable bonds is 10. The number of ether oxygens (including phenoxy) is 2. The van der Waals surface area contributed by atoms with Crippen LogP contribution in [-0.2, 0) is 13.2 Å². The fourth-order valence-corrected chi connectivity index (χ4v) is 2.97. The largest absolute Gasteiger partial charge is 0.490 e. The molecule has 6 heteroatoms. The monoisotopic (exact) mass is 397 g/mol. The zero-order valence-electron chi connectivity index (χ0n) is 15.1. The first-order valence-corrected chi connectivity index (χ1v) is 9.50. The zero-order chi connectivity index (χ0) is 18.9. The van der Waals surface area contributed by atoms with E-state index in [1.54, 1.807) is 0 Å². The first-order valence-electron chi connectivity index (χ1n) is 8.74. The van der Waals surface area contributed by atoms with E-state index in [0.717, 1.165) is 17.5 Å². The Balaban J connectivity index is 2.16. The topological polar surface area (TPSA) is 50.7 Å². The van der Waals surface area contributed by atoms with E-state index in [-0.39, 0.29) is 12.6 Å². The molecule has 0 heterocycles. The molecular formula is C20H25Cl2NO3. The Morgan fingerprint density at radius 2 is 1.85 bits per heavy atom. The maximum absolute atomic E-state index is 9.30. The van der Waals surface area contributed by atoms with Gasteiger partial charge in [-0.25, -0.2) is 0 Å². The molecule has 0 saturated heterocycles. The highest BCUT2D eigenvalue weighted by atomic mass is 35.5. The van der Waals surface area contributed by atoms with Crippen molar-refractivity contribution in [2.45, 2.75) is 39.5 Å². The summed E-state index contributed by atoms with van der Waals surface area (Å²) in [6.45, 7) is 5.43. The van der Waals surface area contributed by atoms with Gasteiger partial charge in [0.15, 0.2) is 11.5 Å². The van der Waals surface area contributed by atoms with Crippen molar-refractivity contribution < 1.29 is 14.6 Å². The third kappa shape index (κ3) is 5.78. The van der Waals surface area contributed by atoms with E-state index < -0.39 is 0 Å². The van der Waals surface area contributed by atoms with Gasteiger partial charge in [-0.3, -0.25) is 0 Å². The molecule has 0 aromatic heterocycles. The van der Waals surface area contributed by atoms with Gasteiger partial charge in [0.1, 0.15) is 6.61 Å². The lowest BCUT2D eigenvalue weighted by Crippen LogP contribution is -2.31. The molecule has 0 unspecified atom stereocenters.